The van der Waals surface area contributed by atoms with Crippen LogP contribution in [0.3, 0.4) is 0 Å². The quantitative estimate of drug-likeness (QED) is 0.369. The van der Waals surface area contributed by atoms with Gasteiger partial charge in [0.2, 0.25) is 5.70 Å². The maximum Gasteiger partial charge on any atom is 0.313 e. The number of benzene rings is 2. The Morgan fingerprint density at radius 2 is 1.76 bits per heavy atom. The normalized spacial score (nSPS) is 13.8. The fourth-order valence-corrected chi connectivity index (χ4v) is 3.96. The van der Waals surface area contributed by atoms with Crippen molar-refractivity contribution >= 4 is 40.5 Å². The van der Waals surface area contributed by atoms with Gasteiger partial charge >= 0.3 is 5.91 Å². The lowest BCUT2D eigenvalue weighted by atomic mass is 9.98. The van der Waals surface area contributed by atoms with Gasteiger partial charge in [0, 0.05) is 35.2 Å². The summed E-state index contributed by atoms with van der Waals surface area (Å²) in [5, 5.41) is 10.1. The fourth-order valence-electron chi connectivity index (χ4n) is 3.77. The van der Waals surface area contributed by atoms with Crippen molar-refractivity contribution in [1.82, 2.24) is 4.57 Å². The zero-order valence-corrected chi connectivity index (χ0v) is 18.6. The highest BCUT2D eigenvalue weighted by molar-refractivity contribution is 6.44. The topological polar surface area (TPSA) is 126 Å². The molecule has 8 nitrogen and oxygen atoms in total. The number of amides is 2. The number of carbonyl (C=O) groups excluding carboxylic acids is 2. The molecule has 0 unspecified atom stereocenters. The van der Waals surface area contributed by atoms with Gasteiger partial charge in [-0.05, 0) is 55.0 Å². The number of carbonyl (C=O) groups is 2. The second kappa shape index (κ2) is 9.42. The Bertz CT molecular complexity index is 1400. The summed E-state index contributed by atoms with van der Waals surface area (Å²) in [5.41, 5.74) is 6.17. The Kier molecular flexibility index (Phi) is 6.40. The highest BCUT2D eigenvalue weighted by Crippen LogP contribution is 2.25. The van der Waals surface area contributed by atoms with Gasteiger partial charge in [0.15, 0.2) is 5.82 Å². The summed E-state index contributed by atoms with van der Waals surface area (Å²) < 4.78 is 14.8. The van der Waals surface area contributed by atoms with E-state index in [0.29, 0.717) is 22.1 Å². The number of primary amides is 1. The molecule has 10 heteroatoms. The predicted octanol–water partition coefficient (Wildman–Crippen LogP) is 2.02. The lowest BCUT2D eigenvalue weighted by molar-refractivity contribution is -0.512. The summed E-state index contributed by atoms with van der Waals surface area (Å²) in [6.45, 7) is 0.218. The molecule has 0 radical (unpaired) electrons. The number of pyridine rings is 1. The van der Waals surface area contributed by atoms with Crippen LogP contribution in [-0.2, 0) is 9.59 Å². The minimum Gasteiger partial charge on any atom is -0.364 e. The standard InChI is InChI=1S/C24H19ClFN5O3/c25-14-3-1-4-15(13-14)29-21-18(20(27)22(28)32)10-12-31(24(21)34)17-8-6-16(7-9-17)30-11-2-5-19(26)23(30)33/h1-9,11,13,27,29H,10,12H2,(H2,28,32)/p+1. The van der Waals surface area contributed by atoms with E-state index in [-0.39, 0.29) is 24.2 Å². The van der Waals surface area contributed by atoms with Crippen LogP contribution < -0.4 is 21.5 Å². The molecule has 2 heterocycles. The maximum atomic E-state index is 13.6. The first kappa shape index (κ1) is 23.1. The number of quaternary nitrogens is 1. The van der Waals surface area contributed by atoms with E-state index in [1.165, 1.54) is 21.7 Å². The summed E-state index contributed by atoms with van der Waals surface area (Å²) >= 11 is 6.06. The molecule has 0 aliphatic carbocycles. The molecule has 3 aromatic rings. The van der Waals surface area contributed by atoms with Gasteiger partial charge < -0.3 is 10.6 Å². The van der Waals surface area contributed by atoms with E-state index in [1.807, 2.05) is 0 Å². The molecular formula is C24H20ClFN5O3+. The molecule has 1 aliphatic heterocycles. The third-order valence-corrected chi connectivity index (χ3v) is 5.67. The van der Waals surface area contributed by atoms with E-state index in [4.69, 9.17) is 22.7 Å². The van der Waals surface area contributed by atoms with Gasteiger partial charge in [-0.25, -0.2) is 4.39 Å². The molecule has 0 fully saturated rings. The molecule has 0 spiro atoms. The Labute approximate surface area is 198 Å². The zero-order chi connectivity index (χ0) is 24.4. The molecule has 2 amide bonds. The Morgan fingerprint density at radius 1 is 1.06 bits per heavy atom. The largest absolute Gasteiger partial charge is 0.364 e. The molecule has 0 bridgehead atoms. The minimum absolute atomic E-state index is 0.169. The van der Waals surface area contributed by atoms with Crippen molar-refractivity contribution in [3.05, 3.63) is 99.3 Å². The SMILES string of the molecule is N=C(C(N)=O)C1=C([NH2+]c2cccc(Cl)c2)C(=O)N(c2ccc(-n3cccc(F)c3=O)cc2)CC1. The van der Waals surface area contributed by atoms with Crippen LogP contribution in [-0.4, -0.2) is 28.6 Å². The molecule has 0 atom stereocenters. The van der Waals surface area contributed by atoms with Crippen LogP contribution >= 0.6 is 11.6 Å². The summed E-state index contributed by atoms with van der Waals surface area (Å²) in [6, 6.07) is 15.9. The van der Waals surface area contributed by atoms with E-state index < -0.39 is 28.9 Å². The second-order valence-electron chi connectivity index (χ2n) is 7.59. The molecule has 1 aromatic heterocycles. The van der Waals surface area contributed by atoms with Crippen molar-refractivity contribution in [2.45, 2.75) is 6.42 Å². The van der Waals surface area contributed by atoms with Gasteiger partial charge in [0.05, 0.1) is 5.57 Å². The average Bonchev–Trinajstić information content (AvgIpc) is 2.82. The van der Waals surface area contributed by atoms with Gasteiger partial charge in [-0.2, -0.15) is 0 Å². The van der Waals surface area contributed by atoms with Crippen molar-refractivity contribution in [1.29, 1.82) is 5.41 Å². The van der Waals surface area contributed by atoms with Gasteiger partial charge in [-0.15, -0.1) is 0 Å². The van der Waals surface area contributed by atoms with Gasteiger partial charge in [-0.1, -0.05) is 17.7 Å². The van der Waals surface area contributed by atoms with E-state index >= 15 is 0 Å². The van der Waals surface area contributed by atoms with Gasteiger partial charge in [-0.3, -0.25) is 29.7 Å². The fraction of sp³-hybridized carbons (Fsp3) is 0.0833. The third-order valence-electron chi connectivity index (χ3n) is 5.43. The van der Waals surface area contributed by atoms with E-state index in [2.05, 4.69) is 0 Å². The summed E-state index contributed by atoms with van der Waals surface area (Å²) in [4.78, 5) is 38.7. The van der Waals surface area contributed by atoms with Crippen LogP contribution in [0.4, 0.5) is 15.8 Å². The van der Waals surface area contributed by atoms with Crippen molar-refractivity contribution in [3.8, 4) is 5.69 Å². The number of hydrogen-bond acceptors (Lipinski definition) is 4. The summed E-state index contributed by atoms with van der Waals surface area (Å²) in [5.74, 6) is -2.20. The highest BCUT2D eigenvalue weighted by atomic mass is 35.5. The first-order chi connectivity index (χ1) is 16.3. The molecule has 172 valence electrons. The monoisotopic (exact) mass is 480 g/mol. The number of nitrogens with two attached hydrogens (primary N) is 2. The molecule has 1 aliphatic rings. The van der Waals surface area contributed by atoms with Gasteiger partial charge in [0.1, 0.15) is 11.4 Å². The van der Waals surface area contributed by atoms with Crippen LogP contribution in [0.25, 0.3) is 5.69 Å². The molecule has 5 N–H and O–H groups in total. The van der Waals surface area contributed by atoms with Gasteiger partial charge in [0.25, 0.3) is 11.5 Å². The number of rotatable bonds is 6. The Hall–Kier alpha value is -4.08. The Balaban J connectivity index is 1.68. The molecule has 4 rings (SSSR count). The number of nitrogens with zero attached hydrogens (tertiary/aromatic N) is 2. The zero-order valence-electron chi connectivity index (χ0n) is 17.8. The van der Waals surface area contributed by atoms with E-state index in [9.17, 15) is 18.8 Å². The minimum atomic E-state index is -0.918. The molecular weight excluding hydrogens is 461 g/mol. The smallest absolute Gasteiger partial charge is 0.313 e. The number of halogens is 2. The van der Waals surface area contributed by atoms with Crippen molar-refractivity contribution in [3.63, 3.8) is 0 Å². The van der Waals surface area contributed by atoms with Crippen molar-refractivity contribution in [2.75, 3.05) is 11.4 Å². The van der Waals surface area contributed by atoms with Crippen LogP contribution in [0.1, 0.15) is 6.42 Å². The predicted molar refractivity (Wildman–Crippen MR) is 126 cm³/mol. The molecule has 0 saturated heterocycles. The second-order valence-corrected chi connectivity index (χ2v) is 8.02. The summed E-state index contributed by atoms with van der Waals surface area (Å²) in [7, 11) is 0. The number of anilines is 1. The highest BCUT2D eigenvalue weighted by Gasteiger charge is 2.35. The van der Waals surface area contributed by atoms with E-state index in [0.717, 1.165) is 6.07 Å². The molecule has 0 saturated carbocycles. The lowest BCUT2D eigenvalue weighted by Gasteiger charge is -2.28. The van der Waals surface area contributed by atoms with E-state index in [1.54, 1.807) is 53.8 Å². The molecule has 34 heavy (non-hydrogen) atoms. The number of hydrogen-bond donors (Lipinski definition) is 3. The maximum absolute atomic E-state index is 13.6. The number of nitrogens with one attached hydrogen (secondary N) is 1. The first-order valence-corrected chi connectivity index (χ1v) is 10.7. The van der Waals surface area contributed by atoms with Crippen LogP contribution in [0.15, 0.2) is 82.9 Å². The lowest BCUT2D eigenvalue weighted by Crippen LogP contribution is -2.80. The Morgan fingerprint density at radius 3 is 2.44 bits per heavy atom. The van der Waals surface area contributed by atoms with Crippen molar-refractivity contribution in [2.24, 2.45) is 5.73 Å². The first-order valence-electron chi connectivity index (χ1n) is 10.3. The van der Waals surface area contributed by atoms with Crippen molar-refractivity contribution < 1.29 is 19.3 Å². The van der Waals surface area contributed by atoms with Crippen LogP contribution in [0.5, 0.6) is 0 Å². The third kappa shape index (κ3) is 4.52. The summed E-state index contributed by atoms with van der Waals surface area (Å²) in [6.07, 6.45) is 1.69. The average molecular weight is 481 g/mol. The number of aromatic nitrogens is 1. The van der Waals surface area contributed by atoms with Crippen LogP contribution in [0.2, 0.25) is 5.02 Å². The molecule has 2 aromatic carbocycles. The van der Waals surface area contributed by atoms with Crippen LogP contribution in [0, 0.1) is 11.2 Å².